The van der Waals surface area contributed by atoms with E-state index in [0.29, 0.717) is 0 Å². The van der Waals surface area contributed by atoms with Crippen molar-refractivity contribution in [3.63, 3.8) is 0 Å². The summed E-state index contributed by atoms with van der Waals surface area (Å²) < 4.78 is 0. The standard InChI is InChI=1S/C10H9N5/c1-7-3-2-4-8(13-7)10-9(5-11-14-10)15-6-12-15/h2-6H,1H3,(H,11,14). The van der Waals surface area contributed by atoms with Crippen molar-refractivity contribution in [2.75, 3.05) is 5.01 Å². The van der Waals surface area contributed by atoms with E-state index in [1.807, 2.05) is 25.1 Å². The number of H-pyrrole nitrogens is 1. The molecule has 0 bridgehead atoms. The average Bonchev–Trinajstić information content (AvgIpc) is 2.96. The Morgan fingerprint density at radius 2 is 2.20 bits per heavy atom. The van der Waals surface area contributed by atoms with Crippen LogP contribution in [0.15, 0.2) is 29.5 Å². The van der Waals surface area contributed by atoms with Gasteiger partial charge in [-0.1, -0.05) is 6.07 Å². The molecule has 0 atom stereocenters. The van der Waals surface area contributed by atoms with Crippen molar-refractivity contribution < 1.29 is 0 Å². The number of aromatic amines is 1. The molecule has 0 aliphatic carbocycles. The van der Waals surface area contributed by atoms with Gasteiger partial charge in [-0.2, -0.15) is 10.2 Å². The highest BCUT2D eigenvalue weighted by atomic mass is 15.6. The van der Waals surface area contributed by atoms with Crippen LogP contribution in [0.4, 0.5) is 5.69 Å². The monoisotopic (exact) mass is 199 g/mol. The van der Waals surface area contributed by atoms with Gasteiger partial charge in [0.25, 0.3) is 0 Å². The SMILES string of the molecule is Cc1cccc(-c2[nH]ncc2N2C=N2)n1. The largest absolute Gasteiger partial charge is 0.274 e. The second-order valence-corrected chi connectivity index (χ2v) is 3.37. The van der Waals surface area contributed by atoms with Gasteiger partial charge in [0.2, 0.25) is 0 Å². The van der Waals surface area contributed by atoms with Crippen LogP contribution in [0.3, 0.4) is 0 Å². The molecule has 1 N–H and O–H groups in total. The van der Waals surface area contributed by atoms with Crippen LogP contribution in [0.1, 0.15) is 5.69 Å². The van der Waals surface area contributed by atoms with Gasteiger partial charge in [0.05, 0.1) is 11.9 Å². The molecule has 1 aliphatic heterocycles. The predicted molar refractivity (Wildman–Crippen MR) is 57.5 cm³/mol. The van der Waals surface area contributed by atoms with Crippen LogP contribution < -0.4 is 5.01 Å². The van der Waals surface area contributed by atoms with Crippen molar-refractivity contribution >= 4 is 12.0 Å². The molecule has 5 nitrogen and oxygen atoms in total. The van der Waals surface area contributed by atoms with Gasteiger partial charge in [-0.05, 0) is 19.1 Å². The number of nitrogens with zero attached hydrogens (tertiary/aromatic N) is 4. The second kappa shape index (κ2) is 2.91. The third-order valence-corrected chi connectivity index (χ3v) is 2.24. The summed E-state index contributed by atoms with van der Waals surface area (Å²) >= 11 is 0. The van der Waals surface area contributed by atoms with Crippen LogP contribution in [0.25, 0.3) is 11.4 Å². The first-order valence-corrected chi connectivity index (χ1v) is 4.65. The molecular formula is C10H9N5. The minimum Gasteiger partial charge on any atom is -0.274 e. The number of hydrogen-bond acceptors (Lipinski definition) is 4. The fourth-order valence-electron chi connectivity index (χ4n) is 1.47. The number of anilines is 1. The van der Waals surface area contributed by atoms with E-state index in [1.165, 1.54) is 0 Å². The Labute approximate surface area is 86.5 Å². The summed E-state index contributed by atoms with van der Waals surface area (Å²) in [6.45, 7) is 1.97. The number of nitrogens with one attached hydrogen (secondary N) is 1. The van der Waals surface area contributed by atoms with Gasteiger partial charge in [-0.3, -0.25) is 10.1 Å². The minimum absolute atomic E-state index is 0.887. The summed E-state index contributed by atoms with van der Waals surface area (Å²) in [6, 6.07) is 5.90. The first-order chi connectivity index (χ1) is 7.34. The van der Waals surface area contributed by atoms with E-state index in [-0.39, 0.29) is 0 Å². The number of rotatable bonds is 2. The number of aryl methyl sites for hydroxylation is 1. The van der Waals surface area contributed by atoms with Crippen molar-refractivity contribution in [2.45, 2.75) is 6.92 Å². The van der Waals surface area contributed by atoms with E-state index in [4.69, 9.17) is 0 Å². The normalized spacial score (nSPS) is 13.3. The molecule has 3 heterocycles. The predicted octanol–water partition coefficient (Wildman–Crippen LogP) is 1.54. The molecule has 0 aromatic carbocycles. The van der Waals surface area contributed by atoms with E-state index in [2.05, 4.69) is 20.3 Å². The number of pyridine rings is 1. The van der Waals surface area contributed by atoms with Crippen molar-refractivity contribution in [3.8, 4) is 11.4 Å². The first kappa shape index (κ1) is 8.16. The Morgan fingerprint density at radius 3 is 2.93 bits per heavy atom. The molecule has 2 aromatic heterocycles. The first-order valence-electron chi connectivity index (χ1n) is 4.65. The topological polar surface area (TPSA) is 56.9 Å². The zero-order valence-corrected chi connectivity index (χ0v) is 8.18. The Morgan fingerprint density at radius 1 is 1.33 bits per heavy atom. The van der Waals surface area contributed by atoms with E-state index >= 15 is 0 Å². The second-order valence-electron chi connectivity index (χ2n) is 3.37. The van der Waals surface area contributed by atoms with Crippen molar-refractivity contribution in [3.05, 3.63) is 30.1 Å². The highest BCUT2D eigenvalue weighted by molar-refractivity contribution is 5.94. The number of aromatic nitrogens is 3. The highest BCUT2D eigenvalue weighted by Crippen LogP contribution is 2.29. The van der Waals surface area contributed by atoms with E-state index < -0.39 is 0 Å². The number of hydrazone groups is 1. The van der Waals surface area contributed by atoms with E-state index in [1.54, 1.807) is 17.5 Å². The molecular weight excluding hydrogens is 190 g/mol. The molecule has 2 aromatic rings. The third-order valence-electron chi connectivity index (χ3n) is 2.24. The fraction of sp³-hybridized carbons (Fsp3) is 0.100. The Kier molecular flexibility index (Phi) is 1.58. The molecule has 0 unspecified atom stereocenters. The zero-order chi connectivity index (χ0) is 10.3. The van der Waals surface area contributed by atoms with Crippen LogP contribution in [-0.4, -0.2) is 21.5 Å². The summed E-state index contributed by atoms with van der Waals surface area (Å²) in [5.74, 6) is 0. The average molecular weight is 199 g/mol. The molecule has 0 spiro atoms. The van der Waals surface area contributed by atoms with Gasteiger partial charge in [0, 0.05) is 5.69 Å². The summed E-state index contributed by atoms with van der Waals surface area (Å²) in [6.07, 6.45) is 3.48. The lowest BCUT2D eigenvalue weighted by molar-refractivity contribution is 1.08. The summed E-state index contributed by atoms with van der Waals surface area (Å²) in [7, 11) is 0. The molecule has 15 heavy (non-hydrogen) atoms. The lowest BCUT2D eigenvalue weighted by Crippen LogP contribution is -1.95. The van der Waals surface area contributed by atoms with Crippen LogP contribution in [0.5, 0.6) is 0 Å². The Balaban J connectivity index is 2.08. The van der Waals surface area contributed by atoms with Crippen molar-refractivity contribution in [1.29, 1.82) is 0 Å². The zero-order valence-electron chi connectivity index (χ0n) is 8.18. The van der Waals surface area contributed by atoms with Crippen molar-refractivity contribution in [1.82, 2.24) is 15.2 Å². The smallest absolute Gasteiger partial charge is 0.138 e. The summed E-state index contributed by atoms with van der Waals surface area (Å²) in [5.41, 5.74) is 3.71. The Hall–Kier alpha value is -2.17. The highest BCUT2D eigenvalue weighted by Gasteiger charge is 2.19. The maximum atomic E-state index is 4.43. The van der Waals surface area contributed by atoms with Crippen LogP contribution in [0.2, 0.25) is 0 Å². The van der Waals surface area contributed by atoms with Gasteiger partial charge in [-0.25, -0.2) is 5.01 Å². The maximum absolute atomic E-state index is 4.43. The molecule has 0 saturated carbocycles. The molecule has 74 valence electrons. The quantitative estimate of drug-likeness (QED) is 0.798. The van der Waals surface area contributed by atoms with E-state index in [0.717, 1.165) is 22.8 Å². The van der Waals surface area contributed by atoms with Gasteiger partial charge in [0.15, 0.2) is 0 Å². The van der Waals surface area contributed by atoms with Crippen LogP contribution in [0, 0.1) is 6.92 Å². The number of hydrogen-bond donors (Lipinski definition) is 1. The van der Waals surface area contributed by atoms with Crippen LogP contribution in [-0.2, 0) is 0 Å². The third kappa shape index (κ3) is 1.38. The van der Waals surface area contributed by atoms with Gasteiger partial charge >= 0.3 is 0 Å². The molecule has 1 aliphatic rings. The molecule has 0 radical (unpaired) electrons. The van der Waals surface area contributed by atoms with E-state index in [9.17, 15) is 0 Å². The summed E-state index contributed by atoms with van der Waals surface area (Å²) in [5, 5.41) is 12.7. The molecule has 0 fully saturated rings. The fourth-order valence-corrected chi connectivity index (χ4v) is 1.47. The van der Waals surface area contributed by atoms with Gasteiger partial charge in [0.1, 0.15) is 17.7 Å². The summed E-state index contributed by atoms with van der Waals surface area (Å²) in [4.78, 5) is 4.43. The maximum Gasteiger partial charge on any atom is 0.138 e. The molecule has 0 amide bonds. The molecule has 5 heteroatoms. The van der Waals surface area contributed by atoms with Gasteiger partial charge in [-0.15, -0.1) is 0 Å². The minimum atomic E-state index is 0.887. The molecule has 3 rings (SSSR count). The lowest BCUT2D eigenvalue weighted by atomic mass is 10.2. The van der Waals surface area contributed by atoms with Crippen molar-refractivity contribution in [2.24, 2.45) is 5.10 Å². The molecule has 0 saturated heterocycles. The van der Waals surface area contributed by atoms with Crippen LogP contribution >= 0.6 is 0 Å². The Bertz CT molecular complexity index is 522. The lowest BCUT2D eigenvalue weighted by Gasteiger charge is -2.02. The van der Waals surface area contributed by atoms with Gasteiger partial charge < -0.3 is 0 Å².